The molecule has 1 atom stereocenters. The van der Waals surface area contributed by atoms with E-state index in [0.717, 1.165) is 19.3 Å². The van der Waals surface area contributed by atoms with Crippen molar-refractivity contribution in [1.29, 1.82) is 0 Å². The van der Waals surface area contributed by atoms with Gasteiger partial charge < -0.3 is 0 Å². The number of carbonyl (C=O) groups excluding carboxylic acids is 1. The van der Waals surface area contributed by atoms with E-state index in [1.807, 2.05) is 0 Å². The van der Waals surface area contributed by atoms with Crippen LogP contribution >= 0.6 is 0 Å². The second-order valence-corrected chi connectivity index (χ2v) is 3.23. The molecule has 0 bridgehead atoms. The largest absolute Gasteiger partial charge is 0.299 e. The Kier molecular flexibility index (Phi) is 1.37. The maximum Gasteiger partial charge on any atom is 0.140 e. The number of ketones is 1. The summed E-state index contributed by atoms with van der Waals surface area (Å²) >= 11 is 0. The molecule has 2 aliphatic rings. The first-order chi connectivity index (χ1) is 4.88. The van der Waals surface area contributed by atoms with Crippen LogP contribution in [0.5, 0.6) is 0 Å². The van der Waals surface area contributed by atoms with Crippen LogP contribution in [0.25, 0.3) is 0 Å². The molecule has 0 amide bonds. The molecule has 1 heteroatoms. The number of rotatable bonds is 0. The van der Waals surface area contributed by atoms with Gasteiger partial charge in [0.1, 0.15) is 5.78 Å². The van der Waals surface area contributed by atoms with Crippen molar-refractivity contribution in [2.75, 3.05) is 0 Å². The molecule has 0 spiro atoms. The summed E-state index contributed by atoms with van der Waals surface area (Å²) in [6, 6.07) is 0. The Balaban J connectivity index is 2.26. The first-order valence-corrected chi connectivity index (χ1v) is 4.09. The summed E-state index contributed by atoms with van der Waals surface area (Å²) in [4.78, 5) is 11.2. The standard InChI is InChI=1S/C9H12O/c10-9-6-2-4-7-3-1-5-8(7)9/h4,8H,1-3,5-6H2. The van der Waals surface area contributed by atoms with Gasteiger partial charge in [-0.1, -0.05) is 11.6 Å². The molecule has 1 nitrogen and oxygen atoms in total. The summed E-state index contributed by atoms with van der Waals surface area (Å²) in [5.41, 5.74) is 1.44. The summed E-state index contributed by atoms with van der Waals surface area (Å²) in [7, 11) is 0. The Bertz CT molecular complexity index is 191. The lowest BCUT2D eigenvalue weighted by Gasteiger charge is -2.14. The van der Waals surface area contributed by atoms with Gasteiger partial charge in [0.25, 0.3) is 0 Å². The maximum absolute atomic E-state index is 11.2. The number of hydrogen-bond donors (Lipinski definition) is 0. The molecule has 2 aliphatic carbocycles. The molecular formula is C9H12O. The highest BCUT2D eigenvalue weighted by molar-refractivity contribution is 5.85. The van der Waals surface area contributed by atoms with E-state index >= 15 is 0 Å². The minimum Gasteiger partial charge on any atom is -0.299 e. The molecule has 1 unspecified atom stereocenters. The average Bonchev–Trinajstić information content (AvgIpc) is 2.36. The Hall–Kier alpha value is -0.590. The summed E-state index contributed by atoms with van der Waals surface area (Å²) in [6.45, 7) is 0. The quantitative estimate of drug-likeness (QED) is 0.466. The summed E-state index contributed by atoms with van der Waals surface area (Å²) in [5, 5.41) is 0. The first-order valence-electron chi connectivity index (χ1n) is 4.09. The average molecular weight is 136 g/mol. The molecule has 2 rings (SSSR count). The third-order valence-corrected chi connectivity index (χ3v) is 2.59. The van der Waals surface area contributed by atoms with Gasteiger partial charge in [-0.05, 0) is 25.7 Å². The van der Waals surface area contributed by atoms with Crippen LogP contribution < -0.4 is 0 Å². The van der Waals surface area contributed by atoms with Crippen LogP contribution in [-0.4, -0.2) is 5.78 Å². The van der Waals surface area contributed by atoms with Gasteiger partial charge >= 0.3 is 0 Å². The fourth-order valence-corrected chi connectivity index (χ4v) is 2.06. The van der Waals surface area contributed by atoms with Crippen LogP contribution in [0, 0.1) is 5.92 Å². The molecule has 0 saturated heterocycles. The van der Waals surface area contributed by atoms with Gasteiger partial charge in [0.05, 0.1) is 0 Å². The zero-order valence-electron chi connectivity index (χ0n) is 6.10. The van der Waals surface area contributed by atoms with Gasteiger partial charge in [-0.15, -0.1) is 0 Å². The molecule has 10 heavy (non-hydrogen) atoms. The van der Waals surface area contributed by atoms with Gasteiger partial charge in [0, 0.05) is 12.3 Å². The number of Topliss-reactive ketones (excluding diaryl/α,β-unsaturated/α-hetero) is 1. The van der Waals surface area contributed by atoms with Crippen LogP contribution in [0.2, 0.25) is 0 Å². The Morgan fingerprint density at radius 2 is 2.30 bits per heavy atom. The zero-order valence-corrected chi connectivity index (χ0v) is 6.10. The van der Waals surface area contributed by atoms with Gasteiger partial charge in [-0.25, -0.2) is 0 Å². The monoisotopic (exact) mass is 136 g/mol. The highest BCUT2D eigenvalue weighted by Crippen LogP contribution is 2.35. The Morgan fingerprint density at radius 3 is 3.10 bits per heavy atom. The number of allylic oxidation sites excluding steroid dienone is 2. The fraction of sp³-hybridized carbons (Fsp3) is 0.667. The zero-order chi connectivity index (χ0) is 6.97. The number of fused-ring (bicyclic) bond motifs is 1. The van der Waals surface area contributed by atoms with E-state index in [4.69, 9.17) is 0 Å². The van der Waals surface area contributed by atoms with Gasteiger partial charge in [0.2, 0.25) is 0 Å². The van der Waals surface area contributed by atoms with Crippen LogP contribution in [0.15, 0.2) is 11.6 Å². The molecule has 0 radical (unpaired) electrons. The number of carbonyl (C=O) groups is 1. The van der Waals surface area contributed by atoms with Crippen molar-refractivity contribution in [3.8, 4) is 0 Å². The Morgan fingerprint density at radius 1 is 1.40 bits per heavy atom. The van der Waals surface area contributed by atoms with Crippen LogP contribution in [0.3, 0.4) is 0 Å². The minimum absolute atomic E-state index is 0.355. The van der Waals surface area contributed by atoms with E-state index in [-0.39, 0.29) is 0 Å². The van der Waals surface area contributed by atoms with Crippen molar-refractivity contribution in [3.05, 3.63) is 11.6 Å². The summed E-state index contributed by atoms with van der Waals surface area (Å²) in [5.74, 6) is 0.851. The first kappa shape index (κ1) is 6.14. The van der Waals surface area contributed by atoms with E-state index in [1.54, 1.807) is 0 Å². The summed E-state index contributed by atoms with van der Waals surface area (Å²) < 4.78 is 0. The normalized spacial score (nSPS) is 31.8. The predicted octanol–water partition coefficient (Wildman–Crippen LogP) is 2.08. The van der Waals surface area contributed by atoms with Crippen molar-refractivity contribution in [1.82, 2.24) is 0 Å². The van der Waals surface area contributed by atoms with E-state index in [0.29, 0.717) is 11.7 Å². The van der Waals surface area contributed by atoms with Crippen molar-refractivity contribution >= 4 is 5.78 Å². The van der Waals surface area contributed by atoms with Gasteiger partial charge in [-0.2, -0.15) is 0 Å². The number of hydrogen-bond acceptors (Lipinski definition) is 1. The second-order valence-electron chi connectivity index (χ2n) is 3.23. The van der Waals surface area contributed by atoms with Crippen molar-refractivity contribution < 1.29 is 4.79 Å². The fourth-order valence-electron chi connectivity index (χ4n) is 2.06. The SMILES string of the molecule is O=C1CCC=C2CCCC12. The third kappa shape index (κ3) is 0.808. The summed E-state index contributed by atoms with van der Waals surface area (Å²) in [6.07, 6.45) is 7.64. The molecule has 0 aliphatic heterocycles. The molecule has 54 valence electrons. The van der Waals surface area contributed by atoms with Crippen molar-refractivity contribution in [3.63, 3.8) is 0 Å². The molecule has 1 fully saturated rings. The Labute approximate surface area is 61.1 Å². The molecule has 0 aromatic carbocycles. The molecule has 0 aromatic heterocycles. The lowest BCUT2D eigenvalue weighted by Crippen LogP contribution is -2.15. The van der Waals surface area contributed by atoms with E-state index < -0.39 is 0 Å². The van der Waals surface area contributed by atoms with Crippen LogP contribution in [-0.2, 0) is 4.79 Å². The highest BCUT2D eigenvalue weighted by Gasteiger charge is 2.28. The van der Waals surface area contributed by atoms with Crippen LogP contribution in [0.4, 0.5) is 0 Å². The van der Waals surface area contributed by atoms with Gasteiger partial charge in [0.15, 0.2) is 0 Å². The lowest BCUT2D eigenvalue weighted by molar-refractivity contribution is -0.121. The molecule has 0 N–H and O–H groups in total. The molecule has 1 saturated carbocycles. The maximum atomic E-state index is 11.2. The smallest absolute Gasteiger partial charge is 0.140 e. The lowest BCUT2D eigenvalue weighted by atomic mass is 9.89. The van der Waals surface area contributed by atoms with E-state index in [9.17, 15) is 4.79 Å². The van der Waals surface area contributed by atoms with E-state index in [2.05, 4.69) is 6.08 Å². The predicted molar refractivity (Wildman–Crippen MR) is 39.7 cm³/mol. The van der Waals surface area contributed by atoms with Crippen molar-refractivity contribution in [2.24, 2.45) is 5.92 Å². The van der Waals surface area contributed by atoms with E-state index in [1.165, 1.54) is 18.4 Å². The molecule has 0 aromatic rings. The topological polar surface area (TPSA) is 17.1 Å². The third-order valence-electron chi connectivity index (χ3n) is 2.59. The highest BCUT2D eigenvalue weighted by atomic mass is 16.1. The van der Waals surface area contributed by atoms with Crippen molar-refractivity contribution in [2.45, 2.75) is 32.1 Å². The molecular weight excluding hydrogens is 124 g/mol. The van der Waals surface area contributed by atoms with Gasteiger partial charge in [-0.3, -0.25) is 4.79 Å². The second kappa shape index (κ2) is 2.22. The minimum atomic E-state index is 0.355. The van der Waals surface area contributed by atoms with Crippen LogP contribution in [0.1, 0.15) is 32.1 Å². The molecule has 0 heterocycles.